The highest BCUT2D eigenvalue weighted by Gasteiger charge is 2.25. The lowest BCUT2D eigenvalue weighted by Crippen LogP contribution is -2.13. The van der Waals surface area contributed by atoms with Crippen LogP contribution in [0.4, 0.5) is 0 Å². The molecule has 2 aromatic carbocycles. The molecule has 0 aliphatic rings. The van der Waals surface area contributed by atoms with Gasteiger partial charge < -0.3 is 0 Å². The van der Waals surface area contributed by atoms with Crippen molar-refractivity contribution in [3.63, 3.8) is 0 Å². The van der Waals surface area contributed by atoms with Gasteiger partial charge in [-0.15, -0.1) is 0 Å². The molecule has 0 N–H and O–H groups in total. The van der Waals surface area contributed by atoms with Gasteiger partial charge in [-0.2, -0.15) is 12.8 Å². The Kier molecular flexibility index (Phi) is 4.94. The molecule has 0 radical (unpaired) electrons. The van der Waals surface area contributed by atoms with Gasteiger partial charge in [0, 0.05) is 5.02 Å². The molecule has 0 spiro atoms. The molecule has 0 atom stereocenters. The Morgan fingerprint density at radius 3 is 2.10 bits per heavy atom. The Balaban J connectivity index is 2.29. The molecule has 0 aliphatic heterocycles. The Morgan fingerprint density at radius 1 is 0.952 bits per heavy atom. The fourth-order valence-electron chi connectivity index (χ4n) is 1.54. The van der Waals surface area contributed by atoms with Crippen LogP contribution < -0.4 is 0 Å². The van der Waals surface area contributed by atoms with Crippen molar-refractivity contribution in [1.82, 2.24) is 0 Å². The summed E-state index contributed by atoms with van der Waals surface area (Å²) in [4.78, 5) is 0.0142. The molecule has 3 nitrogen and oxygen atoms in total. The zero-order chi connectivity index (χ0) is 15.5. The first-order valence-electron chi connectivity index (χ1n) is 5.82. The predicted molar refractivity (Wildman–Crippen MR) is 87.0 cm³/mol. The van der Waals surface area contributed by atoms with Crippen molar-refractivity contribution in [3.8, 4) is 0 Å². The van der Waals surface area contributed by atoms with Gasteiger partial charge >= 0.3 is 0 Å². The van der Waals surface area contributed by atoms with Crippen LogP contribution in [0.2, 0.25) is 5.02 Å². The van der Waals surface area contributed by atoms with Crippen LogP contribution >= 0.6 is 34.8 Å². The van der Waals surface area contributed by atoms with Crippen LogP contribution in [0.25, 0.3) is 0 Å². The van der Waals surface area contributed by atoms with E-state index in [1.54, 1.807) is 30.3 Å². The average molecular weight is 363 g/mol. The predicted octanol–water partition coefficient (Wildman–Crippen LogP) is 4.43. The molecule has 110 valence electrons. The number of alkyl halides is 2. The number of hydrogen-bond donors (Lipinski definition) is 0. The molecular weight excluding hydrogens is 353 g/mol. The van der Waals surface area contributed by atoms with Gasteiger partial charge in [-0.25, -0.2) is 0 Å². The first kappa shape index (κ1) is 16.3. The van der Waals surface area contributed by atoms with Crippen LogP contribution in [0.15, 0.2) is 63.9 Å². The Labute approximate surface area is 138 Å². The van der Waals surface area contributed by atoms with Gasteiger partial charge in [0.25, 0.3) is 10.0 Å². The molecule has 0 unspecified atom stereocenters. The fraction of sp³-hybridized carbons (Fsp3) is 0.0714. The second kappa shape index (κ2) is 6.36. The van der Waals surface area contributed by atoms with Gasteiger partial charge in [-0.3, -0.25) is 0 Å². The lowest BCUT2D eigenvalue weighted by molar-refractivity contribution is 0.598. The largest absolute Gasteiger partial charge is 0.282 e. The third kappa shape index (κ3) is 4.20. The van der Waals surface area contributed by atoms with Gasteiger partial charge in [0.15, 0.2) is 4.33 Å². The molecule has 0 amide bonds. The summed E-state index contributed by atoms with van der Waals surface area (Å²) < 4.78 is 26.1. The van der Waals surface area contributed by atoms with Crippen LogP contribution in [-0.2, 0) is 14.4 Å². The van der Waals surface area contributed by atoms with Gasteiger partial charge in [-0.1, -0.05) is 65.1 Å². The molecule has 0 saturated carbocycles. The smallest absolute Gasteiger partial charge is 0.199 e. The van der Waals surface area contributed by atoms with E-state index in [-0.39, 0.29) is 4.90 Å². The molecule has 21 heavy (non-hydrogen) atoms. The number of rotatable bonds is 4. The number of nitrogens with zero attached hydrogens (tertiary/aromatic N) is 1. The SMILES string of the molecule is O=S(=O)(/N=C/C(Cl)(Cl)c1ccccc1)c1ccc(Cl)cc1. The van der Waals surface area contributed by atoms with Crippen molar-refractivity contribution in [2.24, 2.45) is 4.40 Å². The highest BCUT2D eigenvalue weighted by Crippen LogP contribution is 2.32. The van der Waals surface area contributed by atoms with Gasteiger partial charge in [-0.05, 0) is 29.8 Å². The van der Waals surface area contributed by atoms with E-state index in [0.717, 1.165) is 6.21 Å². The Bertz CT molecular complexity index is 742. The zero-order valence-corrected chi connectivity index (χ0v) is 13.7. The summed E-state index contributed by atoms with van der Waals surface area (Å²) in [7, 11) is -3.88. The van der Waals surface area contributed by atoms with Gasteiger partial charge in [0.2, 0.25) is 0 Å². The standard InChI is InChI=1S/C14H10Cl3NO2S/c15-12-6-8-13(9-7-12)21(19,20)18-10-14(16,17)11-4-2-1-3-5-11/h1-10H/b18-10+. The van der Waals surface area contributed by atoms with Crippen molar-refractivity contribution in [3.05, 3.63) is 65.2 Å². The van der Waals surface area contributed by atoms with Crippen molar-refractivity contribution in [1.29, 1.82) is 0 Å². The average Bonchev–Trinajstić information content (AvgIpc) is 2.47. The normalized spacial score (nSPS) is 12.7. The molecule has 0 heterocycles. The third-order valence-electron chi connectivity index (χ3n) is 2.62. The Morgan fingerprint density at radius 2 is 1.52 bits per heavy atom. The summed E-state index contributed by atoms with van der Waals surface area (Å²) in [6.45, 7) is 0. The molecular formula is C14H10Cl3NO2S. The van der Waals surface area contributed by atoms with Crippen LogP contribution in [0.3, 0.4) is 0 Å². The second-order valence-corrected chi connectivity index (χ2v) is 7.61. The number of sulfonamides is 1. The minimum atomic E-state index is -3.88. The van der Waals surface area contributed by atoms with E-state index < -0.39 is 14.4 Å². The minimum Gasteiger partial charge on any atom is -0.199 e. The van der Waals surface area contributed by atoms with Crippen LogP contribution in [0.5, 0.6) is 0 Å². The first-order valence-corrected chi connectivity index (χ1v) is 8.39. The summed E-state index contributed by atoms with van der Waals surface area (Å²) in [5.41, 5.74) is 0.531. The summed E-state index contributed by atoms with van der Waals surface area (Å²) in [6.07, 6.45) is 0.995. The lowest BCUT2D eigenvalue weighted by atomic mass is 10.1. The van der Waals surface area contributed by atoms with Gasteiger partial charge in [0.1, 0.15) is 0 Å². The van der Waals surface area contributed by atoms with E-state index in [0.29, 0.717) is 10.6 Å². The van der Waals surface area contributed by atoms with E-state index in [2.05, 4.69) is 4.40 Å². The molecule has 0 aliphatic carbocycles. The second-order valence-electron chi connectivity index (χ2n) is 4.15. The van der Waals surface area contributed by atoms with Crippen LogP contribution in [-0.4, -0.2) is 14.6 Å². The topological polar surface area (TPSA) is 46.5 Å². The van der Waals surface area contributed by atoms with Crippen molar-refractivity contribution in [2.75, 3.05) is 0 Å². The van der Waals surface area contributed by atoms with E-state index in [9.17, 15) is 8.42 Å². The highest BCUT2D eigenvalue weighted by atomic mass is 35.5. The molecule has 0 saturated heterocycles. The third-order valence-corrected chi connectivity index (χ3v) is 4.76. The molecule has 2 aromatic rings. The highest BCUT2D eigenvalue weighted by molar-refractivity contribution is 7.90. The summed E-state index contributed by atoms with van der Waals surface area (Å²) in [6, 6.07) is 14.3. The minimum absolute atomic E-state index is 0.0142. The summed E-state index contributed by atoms with van der Waals surface area (Å²) in [5, 5.41) is 0.436. The number of hydrogen-bond acceptors (Lipinski definition) is 2. The number of benzene rings is 2. The summed E-state index contributed by atoms with van der Waals surface area (Å²) in [5.74, 6) is 0. The Hall–Kier alpha value is -1.07. The maximum absolute atomic E-state index is 12.1. The maximum atomic E-state index is 12.1. The monoisotopic (exact) mass is 361 g/mol. The zero-order valence-electron chi connectivity index (χ0n) is 10.6. The lowest BCUT2D eigenvalue weighted by Gasteiger charge is -2.14. The molecule has 2 rings (SSSR count). The maximum Gasteiger partial charge on any atom is 0.282 e. The molecule has 0 fully saturated rings. The van der Waals surface area contributed by atoms with Gasteiger partial charge in [0.05, 0.1) is 11.1 Å². The summed E-state index contributed by atoms with van der Waals surface area (Å²) >= 11 is 17.9. The first-order chi connectivity index (χ1) is 9.81. The molecule has 0 aromatic heterocycles. The van der Waals surface area contributed by atoms with Crippen molar-refractivity contribution < 1.29 is 8.42 Å². The van der Waals surface area contributed by atoms with Crippen LogP contribution in [0.1, 0.15) is 5.56 Å². The van der Waals surface area contributed by atoms with Crippen molar-refractivity contribution in [2.45, 2.75) is 9.23 Å². The van der Waals surface area contributed by atoms with E-state index in [4.69, 9.17) is 34.8 Å². The molecule has 7 heteroatoms. The van der Waals surface area contributed by atoms with E-state index in [1.807, 2.05) is 0 Å². The quantitative estimate of drug-likeness (QED) is 0.596. The van der Waals surface area contributed by atoms with Crippen LogP contribution in [0, 0.1) is 0 Å². The van der Waals surface area contributed by atoms with E-state index in [1.165, 1.54) is 24.3 Å². The number of halogens is 3. The van der Waals surface area contributed by atoms with Crippen molar-refractivity contribution >= 4 is 51.0 Å². The molecule has 0 bridgehead atoms. The van der Waals surface area contributed by atoms with E-state index >= 15 is 0 Å². The fourth-order valence-corrected chi connectivity index (χ4v) is 3.03.